The zero-order valence-corrected chi connectivity index (χ0v) is 8.22. The highest BCUT2D eigenvalue weighted by molar-refractivity contribution is 5.92. The highest BCUT2D eigenvalue weighted by atomic mass is 16.1. The van der Waals surface area contributed by atoms with Crippen LogP contribution >= 0.6 is 0 Å². The van der Waals surface area contributed by atoms with Crippen molar-refractivity contribution < 1.29 is 4.79 Å². The van der Waals surface area contributed by atoms with E-state index in [1.54, 1.807) is 7.05 Å². The fraction of sp³-hybridized carbons (Fsp3) is 0.400. The molecule has 1 aromatic rings. The van der Waals surface area contributed by atoms with Gasteiger partial charge in [-0.3, -0.25) is 4.79 Å². The van der Waals surface area contributed by atoms with Crippen LogP contribution in [0.4, 0.5) is 0 Å². The molecule has 0 aliphatic rings. The molecule has 0 aliphatic heterocycles. The molecule has 0 saturated carbocycles. The van der Waals surface area contributed by atoms with Gasteiger partial charge in [0.05, 0.1) is 0 Å². The first kappa shape index (κ1) is 9.71. The van der Waals surface area contributed by atoms with Crippen LogP contribution in [-0.4, -0.2) is 17.9 Å². The Balaban J connectivity index is 3.08. The smallest absolute Gasteiger partial charge is 0.269 e. The van der Waals surface area contributed by atoms with Crippen LogP contribution in [0.1, 0.15) is 28.7 Å². The summed E-state index contributed by atoms with van der Waals surface area (Å²) in [5, 5.41) is 2.56. The topological polar surface area (TPSA) is 42.0 Å². The van der Waals surface area contributed by atoms with Gasteiger partial charge in [0.15, 0.2) is 0 Å². The zero-order chi connectivity index (χ0) is 9.84. The van der Waals surface area contributed by atoms with Crippen molar-refractivity contribution in [2.75, 3.05) is 7.05 Å². The van der Waals surface area contributed by atoms with Crippen LogP contribution in [0.2, 0.25) is 0 Å². The second-order valence-corrected chi connectivity index (χ2v) is 2.93. The van der Waals surface area contributed by atoms with Gasteiger partial charge in [-0.1, -0.05) is 6.92 Å². The Morgan fingerprint density at radius 1 is 1.54 bits per heavy atom. The zero-order valence-electron chi connectivity index (χ0n) is 8.22. The number of rotatable bonds is 2. The molecule has 1 amide bonds. The van der Waals surface area contributed by atoms with Gasteiger partial charge in [-0.25, -0.2) is 4.98 Å². The number of pyridine rings is 1. The summed E-state index contributed by atoms with van der Waals surface area (Å²) in [6.45, 7) is 3.95. The molecule has 1 rings (SSSR count). The van der Waals surface area contributed by atoms with Crippen molar-refractivity contribution in [3.8, 4) is 0 Å². The average Bonchev–Trinajstić information content (AvgIpc) is 2.15. The Labute approximate surface area is 78.2 Å². The molecule has 70 valence electrons. The molecular formula is C10H14N2O. The first-order chi connectivity index (χ1) is 6.17. The Hall–Kier alpha value is -1.38. The van der Waals surface area contributed by atoms with Crippen molar-refractivity contribution in [3.63, 3.8) is 0 Å². The normalized spacial score (nSPS) is 9.77. The quantitative estimate of drug-likeness (QED) is 0.742. The fourth-order valence-corrected chi connectivity index (χ4v) is 1.19. The lowest BCUT2D eigenvalue weighted by Gasteiger charge is -2.03. The van der Waals surface area contributed by atoms with E-state index in [-0.39, 0.29) is 5.91 Å². The molecule has 0 unspecified atom stereocenters. The molecule has 0 aliphatic carbocycles. The van der Waals surface area contributed by atoms with E-state index in [9.17, 15) is 4.79 Å². The van der Waals surface area contributed by atoms with Gasteiger partial charge in [-0.2, -0.15) is 0 Å². The van der Waals surface area contributed by atoms with E-state index in [1.807, 2.05) is 19.1 Å². The summed E-state index contributed by atoms with van der Waals surface area (Å²) in [5.74, 6) is -0.126. The number of hydrogen-bond acceptors (Lipinski definition) is 2. The van der Waals surface area contributed by atoms with Crippen LogP contribution in [0.3, 0.4) is 0 Å². The maximum Gasteiger partial charge on any atom is 0.269 e. The van der Waals surface area contributed by atoms with Crippen LogP contribution in [0.5, 0.6) is 0 Å². The summed E-state index contributed by atoms with van der Waals surface area (Å²) >= 11 is 0. The lowest BCUT2D eigenvalue weighted by molar-refractivity contribution is 0.0958. The first-order valence-electron chi connectivity index (χ1n) is 4.37. The van der Waals surface area contributed by atoms with Crippen LogP contribution in [0, 0.1) is 6.92 Å². The molecule has 0 spiro atoms. The van der Waals surface area contributed by atoms with Crippen LogP contribution in [-0.2, 0) is 6.42 Å². The van der Waals surface area contributed by atoms with Crippen LogP contribution in [0.25, 0.3) is 0 Å². The number of aryl methyl sites for hydroxylation is 2. The molecule has 0 fully saturated rings. The molecule has 1 aromatic heterocycles. The van der Waals surface area contributed by atoms with Gasteiger partial charge in [0.2, 0.25) is 0 Å². The lowest BCUT2D eigenvalue weighted by atomic mass is 10.1. The summed E-state index contributed by atoms with van der Waals surface area (Å²) in [5.41, 5.74) is 2.53. The monoisotopic (exact) mass is 178 g/mol. The van der Waals surface area contributed by atoms with Crippen LogP contribution in [0.15, 0.2) is 12.1 Å². The Morgan fingerprint density at radius 2 is 2.23 bits per heavy atom. The van der Waals surface area contributed by atoms with E-state index >= 15 is 0 Å². The molecule has 0 radical (unpaired) electrons. The maximum absolute atomic E-state index is 11.3. The number of amides is 1. The predicted molar refractivity (Wildman–Crippen MR) is 51.7 cm³/mol. The predicted octanol–water partition coefficient (Wildman–Crippen LogP) is 1.31. The van der Waals surface area contributed by atoms with Gasteiger partial charge >= 0.3 is 0 Å². The van der Waals surface area contributed by atoms with Crippen molar-refractivity contribution in [1.29, 1.82) is 0 Å². The van der Waals surface area contributed by atoms with Crippen molar-refractivity contribution in [3.05, 3.63) is 29.1 Å². The third-order valence-corrected chi connectivity index (χ3v) is 1.88. The average molecular weight is 178 g/mol. The highest BCUT2D eigenvalue weighted by Crippen LogP contribution is 2.06. The van der Waals surface area contributed by atoms with E-state index < -0.39 is 0 Å². The molecule has 1 N–H and O–H groups in total. The van der Waals surface area contributed by atoms with Gasteiger partial charge in [0.1, 0.15) is 5.69 Å². The highest BCUT2D eigenvalue weighted by Gasteiger charge is 2.05. The third kappa shape index (κ3) is 2.28. The number of aromatic nitrogens is 1. The van der Waals surface area contributed by atoms with Gasteiger partial charge < -0.3 is 5.32 Å². The van der Waals surface area contributed by atoms with Crippen LogP contribution < -0.4 is 5.32 Å². The standard InChI is InChI=1S/C10H14N2O/c1-4-8-5-7(2)12-9(6-8)10(13)11-3/h5-6H,4H2,1-3H3,(H,11,13). The molecule has 0 atom stereocenters. The second kappa shape index (κ2) is 4.03. The summed E-state index contributed by atoms with van der Waals surface area (Å²) in [6, 6.07) is 3.82. The van der Waals surface area contributed by atoms with E-state index in [2.05, 4.69) is 17.2 Å². The van der Waals surface area contributed by atoms with Gasteiger partial charge in [0, 0.05) is 12.7 Å². The van der Waals surface area contributed by atoms with Gasteiger partial charge in [0.25, 0.3) is 5.91 Å². The Morgan fingerprint density at radius 3 is 2.77 bits per heavy atom. The molecule has 3 nitrogen and oxygen atoms in total. The minimum atomic E-state index is -0.126. The second-order valence-electron chi connectivity index (χ2n) is 2.93. The van der Waals surface area contributed by atoms with E-state index in [1.165, 1.54) is 0 Å². The van der Waals surface area contributed by atoms with E-state index in [0.717, 1.165) is 17.7 Å². The summed E-state index contributed by atoms with van der Waals surface area (Å²) in [7, 11) is 1.61. The molecule has 0 aromatic carbocycles. The minimum absolute atomic E-state index is 0.126. The number of nitrogens with one attached hydrogen (secondary N) is 1. The molecule has 0 bridgehead atoms. The van der Waals surface area contributed by atoms with Crippen molar-refractivity contribution in [1.82, 2.24) is 10.3 Å². The first-order valence-corrected chi connectivity index (χ1v) is 4.37. The van der Waals surface area contributed by atoms with E-state index in [4.69, 9.17) is 0 Å². The molecular weight excluding hydrogens is 164 g/mol. The number of carbonyl (C=O) groups excluding carboxylic acids is 1. The third-order valence-electron chi connectivity index (χ3n) is 1.88. The van der Waals surface area contributed by atoms with Gasteiger partial charge in [-0.05, 0) is 31.0 Å². The molecule has 1 heterocycles. The number of carbonyl (C=O) groups is 1. The lowest BCUT2D eigenvalue weighted by Crippen LogP contribution is -2.19. The summed E-state index contributed by atoms with van der Waals surface area (Å²) < 4.78 is 0. The summed E-state index contributed by atoms with van der Waals surface area (Å²) in [4.78, 5) is 15.4. The van der Waals surface area contributed by atoms with Crippen molar-refractivity contribution in [2.45, 2.75) is 20.3 Å². The number of nitrogens with zero attached hydrogens (tertiary/aromatic N) is 1. The van der Waals surface area contributed by atoms with Crippen molar-refractivity contribution in [2.24, 2.45) is 0 Å². The SMILES string of the molecule is CCc1cc(C)nc(C(=O)NC)c1. The molecule has 13 heavy (non-hydrogen) atoms. The summed E-state index contributed by atoms with van der Waals surface area (Å²) in [6.07, 6.45) is 0.924. The largest absolute Gasteiger partial charge is 0.354 e. The van der Waals surface area contributed by atoms with Gasteiger partial charge in [-0.15, -0.1) is 0 Å². The Bertz CT molecular complexity index is 321. The van der Waals surface area contributed by atoms with E-state index in [0.29, 0.717) is 5.69 Å². The minimum Gasteiger partial charge on any atom is -0.354 e. The Kier molecular flexibility index (Phi) is 3.01. The fourth-order valence-electron chi connectivity index (χ4n) is 1.19. The maximum atomic E-state index is 11.3. The molecule has 0 saturated heterocycles. The van der Waals surface area contributed by atoms with Crippen molar-refractivity contribution >= 4 is 5.91 Å². The molecule has 3 heteroatoms. The number of hydrogen-bond donors (Lipinski definition) is 1.